The molecule has 5 aliphatic heterocycles. The van der Waals surface area contributed by atoms with Gasteiger partial charge >= 0.3 is 39.9 Å². The van der Waals surface area contributed by atoms with E-state index in [9.17, 15) is 63.6 Å². The van der Waals surface area contributed by atoms with Gasteiger partial charge < -0.3 is 63.5 Å². The van der Waals surface area contributed by atoms with Crippen LogP contribution in [0.4, 0.5) is 4.79 Å². The number of aromatic nitrogens is 3. The number of nitrogens with one attached hydrogen (secondary N) is 6. The van der Waals surface area contributed by atoms with Crippen molar-refractivity contribution in [2.45, 2.75) is 259 Å². The Balaban J connectivity index is 0.000000138. The van der Waals surface area contributed by atoms with Gasteiger partial charge in [-0.3, -0.25) is 33.6 Å². The Bertz CT molecular complexity index is 6840. The zero-order valence-electron chi connectivity index (χ0n) is 82.4. The van der Waals surface area contributed by atoms with Crippen molar-refractivity contribution >= 4 is 110 Å². The summed E-state index contributed by atoms with van der Waals surface area (Å²) in [6, 6.07) is 35.4. The number of nitrogens with zero attached hydrogens (tertiary/aromatic N) is 8. The van der Waals surface area contributed by atoms with Gasteiger partial charge in [0.2, 0.25) is 20.0 Å². The molecular formula is C105H132N14O17S3. The van der Waals surface area contributed by atoms with E-state index < -0.39 is 98.9 Å². The highest BCUT2D eigenvalue weighted by Gasteiger charge is 2.63. The first-order valence-electron chi connectivity index (χ1n) is 49.3. The van der Waals surface area contributed by atoms with Gasteiger partial charge in [0, 0.05) is 171 Å². The van der Waals surface area contributed by atoms with Gasteiger partial charge in [0.15, 0.2) is 0 Å². The lowest BCUT2D eigenvalue weighted by atomic mass is 9.81. The molecule has 2 bridgehead atoms. The summed E-state index contributed by atoms with van der Waals surface area (Å²) in [7, 11) is 4.43. The van der Waals surface area contributed by atoms with Crippen LogP contribution in [0.15, 0.2) is 109 Å². The maximum absolute atomic E-state index is 14.2. The van der Waals surface area contributed by atoms with Gasteiger partial charge in [0.25, 0.3) is 17.7 Å². The van der Waals surface area contributed by atoms with E-state index in [1.165, 1.54) is 78.3 Å². The summed E-state index contributed by atoms with van der Waals surface area (Å²) in [5.74, 6) is -1.51. The van der Waals surface area contributed by atoms with Crippen LogP contribution >= 0.6 is 0 Å². The van der Waals surface area contributed by atoms with E-state index in [4.69, 9.17) is 14.2 Å². The highest BCUT2D eigenvalue weighted by molar-refractivity contribution is 7.90. The Kier molecular flexibility index (Phi) is 26.2. The molecule has 139 heavy (non-hydrogen) atoms. The number of methoxy groups -OCH3 is 3. The molecule has 0 radical (unpaired) electrons. The number of urea groups is 1. The maximum atomic E-state index is 14.2. The van der Waals surface area contributed by atoms with Crippen LogP contribution < -0.4 is 44.3 Å². The second-order valence-electron chi connectivity index (χ2n) is 42.8. The number of piperazine rings is 1. The van der Waals surface area contributed by atoms with Gasteiger partial charge in [-0.15, -0.1) is 0 Å². The molecular weight excluding hydrogens is 1830 g/mol. The Hall–Kier alpha value is -11.3. The van der Waals surface area contributed by atoms with Crippen molar-refractivity contribution in [1.29, 1.82) is 0 Å². The number of hydrogen-bond acceptors (Lipinski definition) is 18. The summed E-state index contributed by atoms with van der Waals surface area (Å²) >= 11 is 0. The molecule has 8 heterocycles. The molecule has 9 atom stereocenters. The number of ether oxygens (including phenoxy) is 3. The van der Waals surface area contributed by atoms with Gasteiger partial charge in [0.05, 0.1) is 66.0 Å². The van der Waals surface area contributed by atoms with Gasteiger partial charge in [-0.2, -0.15) is 12.7 Å². The predicted molar refractivity (Wildman–Crippen MR) is 535 cm³/mol. The summed E-state index contributed by atoms with van der Waals surface area (Å²) in [6.07, 6.45) is 21.4. The smallest absolute Gasteiger partial charge is 0.318 e. The zero-order chi connectivity index (χ0) is 99.0. The Morgan fingerprint density at radius 1 is 0.446 bits per heavy atom. The van der Waals surface area contributed by atoms with E-state index in [1.54, 1.807) is 93.7 Å². The number of hydrogen-bond donors (Lipinski definition) is 6. The van der Waals surface area contributed by atoms with Crippen molar-refractivity contribution < 1.29 is 77.8 Å². The molecule has 6 aliphatic carbocycles. The lowest BCUT2D eigenvalue weighted by Gasteiger charge is -2.40. The van der Waals surface area contributed by atoms with Crippen LogP contribution in [-0.2, 0) is 69.1 Å². The zero-order valence-corrected chi connectivity index (χ0v) is 84.9. The fourth-order valence-corrected chi connectivity index (χ4v) is 27.3. The van der Waals surface area contributed by atoms with Crippen molar-refractivity contribution in [1.82, 2.24) is 67.7 Å². The molecule has 3 aromatic heterocycles. The molecule has 6 saturated carbocycles. The van der Waals surface area contributed by atoms with Crippen LogP contribution in [-0.4, -0.2) is 234 Å². The van der Waals surface area contributed by atoms with E-state index in [0.29, 0.717) is 56.7 Å². The Morgan fingerprint density at radius 2 is 0.784 bits per heavy atom. The number of sulfonamides is 2. The number of likely N-dealkylation sites (tertiary alicyclic amines) is 1. The van der Waals surface area contributed by atoms with Crippen LogP contribution in [0.25, 0.3) is 66.5 Å². The third-order valence-electron chi connectivity index (χ3n) is 31.4. The third kappa shape index (κ3) is 18.6. The summed E-state index contributed by atoms with van der Waals surface area (Å²) in [5.41, 5.74) is 14.3. The number of carbonyl (C=O) groups excluding carboxylic acids is 8. The number of carbonyl (C=O) groups is 8. The van der Waals surface area contributed by atoms with Gasteiger partial charge in [0.1, 0.15) is 17.2 Å². The molecule has 8 fully saturated rings. The normalized spacial score (nSPS) is 23.2. The first-order valence-corrected chi connectivity index (χ1v) is 53.9. The number of amides is 9. The molecule has 2 saturated heterocycles. The third-order valence-corrected chi connectivity index (χ3v) is 36.5. The highest BCUT2D eigenvalue weighted by Crippen LogP contribution is 2.64. The van der Waals surface area contributed by atoms with Crippen molar-refractivity contribution in [3.8, 4) is 51.0 Å². The Labute approximate surface area is 814 Å². The van der Waals surface area contributed by atoms with Crippen molar-refractivity contribution in [3.05, 3.63) is 159 Å². The minimum atomic E-state index is -3.96. The molecule has 9 aromatic rings. The lowest BCUT2D eigenvalue weighted by Crippen LogP contribution is -2.59. The molecule has 34 heteroatoms. The lowest BCUT2D eigenvalue weighted by molar-refractivity contribution is -0.144. The molecule has 6 aromatic carbocycles. The van der Waals surface area contributed by atoms with Gasteiger partial charge in [-0.25, -0.2) is 35.8 Å². The molecule has 11 aliphatic rings. The van der Waals surface area contributed by atoms with E-state index in [1.807, 2.05) is 75.4 Å². The largest absolute Gasteiger partial charge is 0.497 e. The summed E-state index contributed by atoms with van der Waals surface area (Å²) in [6.45, 7) is 11.9. The standard InChI is InChI=1S/C36H46N6O5S.C35H44N4O6S.C34H42N4O6S/c1-39(2)48(45,46)38-34(43)23-10-14-28-31(16-23)41-21-36(37-35(44)42-24-11-12-25(42)20-40(3)19-24)18-30(36)29-17-26(47-4)13-15-27(29)33(41)32(28)22-8-6-5-7-9-22;1-34(2,3)20-46(43,44)37-31(40)22-12-14-25-28(16-22)39-19-35(36-32(41)33(42)38(4)5)18-27(35)26-17-23(45-6)13-15-24(26)30(39)29(25)21-10-8-7-9-11-21;1-6-20(2)45(42,43)36-31(39)22-12-14-25-28(16-22)38-19-34(35-32(40)33(41)37(3)4)18-27(34)26-17-23(44-5)13-15-24(26)30(38)29(25)21-10-8-7-9-11-21/h10,13-17,22,24-25,30H,5-9,11-12,18-21H2,1-4H3,(H,37,44)(H,38,43);12-17,21,27H,7-11,18-20H2,1-6H3,(H,36,41)(H,37,40);12-17,20-21,27H,6-11,18-19H2,1-5H3,(H,35,40)(H,36,39). The van der Waals surface area contributed by atoms with Crippen molar-refractivity contribution in [2.24, 2.45) is 5.41 Å². The van der Waals surface area contributed by atoms with Gasteiger partial charge in [-0.05, 0) is 239 Å². The molecule has 0 spiro atoms. The molecule has 31 nitrogen and oxygen atoms in total. The number of benzene rings is 6. The van der Waals surface area contributed by atoms with E-state index in [-0.39, 0.29) is 58.3 Å². The Morgan fingerprint density at radius 3 is 1.11 bits per heavy atom. The van der Waals surface area contributed by atoms with E-state index in [0.717, 1.165) is 196 Å². The topological polar surface area (TPSA) is 370 Å². The molecule has 6 N–H and O–H groups in total. The first-order chi connectivity index (χ1) is 66.0. The average Bonchev–Trinajstić information content (AvgIpc) is 1.53. The number of fused-ring (bicyclic) bond motifs is 23. The molecule has 9 amide bonds. The monoisotopic (exact) mass is 1960 g/mol. The fourth-order valence-electron chi connectivity index (χ4n) is 24.2. The summed E-state index contributed by atoms with van der Waals surface area (Å²) in [4.78, 5) is 113. The first kappa shape index (κ1) is 97.9. The quantitative estimate of drug-likeness (QED) is 0.0410. The number of rotatable bonds is 19. The second kappa shape index (κ2) is 37.3. The molecule has 20 rings (SSSR count). The second-order valence-corrected chi connectivity index (χ2v) is 48.5. The maximum Gasteiger partial charge on any atom is 0.318 e. The van der Waals surface area contributed by atoms with Crippen molar-refractivity contribution in [2.75, 3.05) is 89.5 Å². The minimum absolute atomic E-state index is 0.0175. The highest BCUT2D eigenvalue weighted by atomic mass is 32.2. The average molecular weight is 1960 g/mol. The van der Waals surface area contributed by atoms with E-state index >= 15 is 0 Å². The van der Waals surface area contributed by atoms with E-state index in [2.05, 4.69) is 84.9 Å². The molecule has 9 unspecified atom stereocenters. The predicted octanol–water partition coefficient (Wildman–Crippen LogP) is 14.2. The summed E-state index contributed by atoms with van der Waals surface area (Å²) in [5, 5.41) is 12.2. The fraction of sp³-hybridized carbons (Fsp3) is 0.524. The van der Waals surface area contributed by atoms with Crippen LogP contribution in [0.3, 0.4) is 0 Å². The van der Waals surface area contributed by atoms with Crippen LogP contribution in [0, 0.1) is 5.41 Å². The minimum Gasteiger partial charge on any atom is -0.497 e. The molecule has 742 valence electrons. The van der Waals surface area contributed by atoms with Gasteiger partial charge in [-0.1, -0.05) is 104 Å². The SMILES string of the molecule is CCC(C)S(=O)(=O)NC(=O)c1ccc2c(C3CCCCC3)c3n(c2c1)CC1(NC(=O)C(=O)N(C)C)CC1c1cc(OC)ccc1-3.COc1ccc2c(c1)C1CC1(NC(=O)C(=O)N(C)C)Cn1c-2c(C2CCCCC2)c2ccc(C(=O)NS(=O)(=O)CC(C)(C)C)cc21.COc1ccc2c(c1)C1CC1(NC(=O)N1C3CCC1CN(C)C3)Cn1c-2c(C2CCCCC2)c2ccc(C(=O)NS(=O)(=O)N(C)C)cc21. The van der Waals surface area contributed by atoms with Crippen molar-refractivity contribution in [3.63, 3.8) is 0 Å². The van der Waals surface area contributed by atoms with Crippen LogP contribution in [0.2, 0.25) is 0 Å². The van der Waals surface area contributed by atoms with Crippen LogP contribution in [0.1, 0.15) is 269 Å². The summed E-state index contributed by atoms with van der Waals surface area (Å²) < 4.78 is 108. The number of likely N-dealkylation sites (N-methyl/N-ethyl adjacent to an activating group) is 3. The van der Waals surface area contributed by atoms with Crippen LogP contribution in [0.5, 0.6) is 17.2 Å².